The van der Waals surface area contributed by atoms with Crippen LogP contribution in [0.1, 0.15) is 71.4 Å². The van der Waals surface area contributed by atoms with Gasteiger partial charge in [-0.1, -0.05) is 0 Å². The smallest absolute Gasteiger partial charge is 0.261 e. The number of nitrogens with one attached hydrogen (secondary N) is 1. The Bertz CT molecular complexity index is 1150. The molecule has 1 aliphatic carbocycles. The predicted molar refractivity (Wildman–Crippen MR) is 109 cm³/mol. The summed E-state index contributed by atoms with van der Waals surface area (Å²) in [6, 6.07) is 5.74. The summed E-state index contributed by atoms with van der Waals surface area (Å²) in [6.45, 7) is 6.68. The van der Waals surface area contributed by atoms with Gasteiger partial charge in [0.1, 0.15) is 5.56 Å². The quantitative estimate of drug-likeness (QED) is 0.742. The molecule has 1 saturated carbocycles. The Morgan fingerprint density at radius 3 is 2.76 bits per heavy atom. The molecule has 1 fully saturated rings. The van der Waals surface area contributed by atoms with Gasteiger partial charge in [0.15, 0.2) is 5.65 Å². The van der Waals surface area contributed by atoms with Crippen LogP contribution < -0.4 is 5.32 Å². The third-order valence-electron chi connectivity index (χ3n) is 5.68. The van der Waals surface area contributed by atoms with Crippen LogP contribution in [-0.4, -0.2) is 36.9 Å². The molecule has 0 bridgehead atoms. The van der Waals surface area contributed by atoms with Crippen molar-refractivity contribution < 1.29 is 9.59 Å². The molecule has 2 amide bonds. The van der Waals surface area contributed by atoms with E-state index < -0.39 is 0 Å². The van der Waals surface area contributed by atoms with Gasteiger partial charge in [-0.05, 0) is 68.9 Å². The standard InChI is InChI=1S/C22H23N5O2/c1-22(2,3)26-12-14-9-18(15(13-5-6-13)10-16(14)21(26)29)25-20(28)17-11-24-27-8-4-7-23-19(17)27/h4,7-11,13H,5-6,12H2,1-3H3,(H,25,28). The van der Waals surface area contributed by atoms with Gasteiger partial charge in [-0.15, -0.1) is 0 Å². The van der Waals surface area contributed by atoms with Gasteiger partial charge in [-0.25, -0.2) is 9.50 Å². The van der Waals surface area contributed by atoms with Gasteiger partial charge in [-0.3, -0.25) is 9.59 Å². The topological polar surface area (TPSA) is 79.6 Å². The molecule has 5 rings (SSSR count). The van der Waals surface area contributed by atoms with Crippen molar-refractivity contribution in [3.8, 4) is 0 Å². The number of amides is 2. The molecule has 2 aromatic heterocycles. The molecular formula is C22H23N5O2. The van der Waals surface area contributed by atoms with Crippen LogP contribution in [0.5, 0.6) is 0 Å². The van der Waals surface area contributed by atoms with Crippen LogP contribution in [0, 0.1) is 0 Å². The summed E-state index contributed by atoms with van der Waals surface area (Å²) in [5, 5.41) is 7.26. The van der Waals surface area contributed by atoms with Crippen LogP contribution in [-0.2, 0) is 6.54 Å². The Morgan fingerprint density at radius 2 is 2.03 bits per heavy atom. The second kappa shape index (κ2) is 6.14. The van der Waals surface area contributed by atoms with E-state index in [0.29, 0.717) is 23.7 Å². The number of anilines is 1. The van der Waals surface area contributed by atoms with Crippen molar-refractivity contribution in [1.29, 1.82) is 0 Å². The van der Waals surface area contributed by atoms with Crippen LogP contribution in [0.15, 0.2) is 36.8 Å². The first-order chi connectivity index (χ1) is 13.8. The van der Waals surface area contributed by atoms with Crippen LogP contribution in [0.4, 0.5) is 5.69 Å². The zero-order valence-corrected chi connectivity index (χ0v) is 16.8. The Kier molecular flexibility index (Phi) is 3.78. The highest BCUT2D eigenvalue weighted by molar-refractivity contribution is 6.09. The largest absolute Gasteiger partial charge is 0.329 e. The minimum absolute atomic E-state index is 0.0686. The van der Waals surface area contributed by atoms with E-state index in [1.807, 2.05) is 37.8 Å². The molecule has 7 nitrogen and oxygen atoms in total. The fourth-order valence-corrected chi connectivity index (χ4v) is 3.94. The van der Waals surface area contributed by atoms with Crippen molar-refractivity contribution in [2.45, 2.75) is 51.6 Å². The summed E-state index contributed by atoms with van der Waals surface area (Å²) in [5.74, 6) is 0.228. The van der Waals surface area contributed by atoms with Crippen LogP contribution in [0.2, 0.25) is 0 Å². The third-order valence-corrected chi connectivity index (χ3v) is 5.68. The average Bonchev–Trinajstić information content (AvgIpc) is 3.34. The summed E-state index contributed by atoms with van der Waals surface area (Å²) in [4.78, 5) is 32.1. The zero-order chi connectivity index (χ0) is 20.3. The van der Waals surface area contributed by atoms with Crippen LogP contribution >= 0.6 is 0 Å². The summed E-state index contributed by atoms with van der Waals surface area (Å²) >= 11 is 0. The number of carbonyl (C=O) groups is 2. The highest BCUT2D eigenvalue weighted by Gasteiger charge is 2.37. The van der Waals surface area contributed by atoms with E-state index >= 15 is 0 Å². The SMILES string of the molecule is CC(C)(C)N1Cc2cc(NC(=O)c3cnn4cccnc34)c(C3CC3)cc2C1=O. The molecule has 0 unspecified atom stereocenters. The zero-order valence-electron chi connectivity index (χ0n) is 16.8. The highest BCUT2D eigenvalue weighted by Crippen LogP contribution is 2.46. The number of fused-ring (bicyclic) bond motifs is 2. The first-order valence-corrected chi connectivity index (χ1v) is 9.91. The lowest BCUT2D eigenvalue weighted by molar-refractivity contribution is 0.0609. The van der Waals surface area contributed by atoms with Gasteiger partial charge in [0.05, 0.1) is 6.20 Å². The van der Waals surface area contributed by atoms with Crippen molar-refractivity contribution in [1.82, 2.24) is 19.5 Å². The number of carbonyl (C=O) groups excluding carboxylic acids is 2. The van der Waals surface area contributed by atoms with Gasteiger partial charge in [0.2, 0.25) is 0 Å². The maximum Gasteiger partial charge on any atom is 0.261 e. The molecule has 3 aromatic rings. The second-order valence-corrected chi connectivity index (χ2v) is 8.83. The third kappa shape index (κ3) is 2.97. The molecule has 2 aliphatic rings. The van der Waals surface area contributed by atoms with Gasteiger partial charge in [-0.2, -0.15) is 5.10 Å². The molecule has 29 heavy (non-hydrogen) atoms. The Labute approximate surface area is 168 Å². The van der Waals surface area contributed by atoms with Crippen LogP contribution in [0.25, 0.3) is 5.65 Å². The number of rotatable bonds is 3. The lowest BCUT2D eigenvalue weighted by Crippen LogP contribution is -2.41. The molecule has 1 aromatic carbocycles. The normalized spacial score (nSPS) is 16.4. The maximum absolute atomic E-state index is 13.0. The van der Waals surface area contributed by atoms with Crippen molar-refractivity contribution in [2.24, 2.45) is 0 Å². The first-order valence-electron chi connectivity index (χ1n) is 9.91. The van der Waals surface area contributed by atoms with Crippen molar-refractivity contribution in [2.75, 3.05) is 5.32 Å². The summed E-state index contributed by atoms with van der Waals surface area (Å²) < 4.78 is 1.58. The number of hydrogen-bond acceptors (Lipinski definition) is 4. The molecule has 1 N–H and O–H groups in total. The van der Waals surface area contributed by atoms with E-state index in [9.17, 15) is 9.59 Å². The van der Waals surface area contributed by atoms with E-state index in [4.69, 9.17) is 0 Å². The fourth-order valence-electron chi connectivity index (χ4n) is 3.94. The minimum atomic E-state index is -0.248. The van der Waals surface area contributed by atoms with Crippen LogP contribution in [0.3, 0.4) is 0 Å². The maximum atomic E-state index is 13.0. The van der Waals surface area contributed by atoms with Gasteiger partial charge >= 0.3 is 0 Å². The molecule has 7 heteroatoms. The lowest BCUT2D eigenvalue weighted by atomic mass is 10.0. The molecule has 0 atom stereocenters. The molecule has 3 heterocycles. The van der Waals surface area contributed by atoms with Crippen molar-refractivity contribution in [3.63, 3.8) is 0 Å². The van der Waals surface area contributed by atoms with Crippen molar-refractivity contribution >= 4 is 23.1 Å². The minimum Gasteiger partial charge on any atom is -0.329 e. The summed E-state index contributed by atoms with van der Waals surface area (Å²) in [6.07, 6.45) is 7.10. The first kappa shape index (κ1) is 17.8. The van der Waals surface area contributed by atoms with Gasteiger partial charge < -0.3 is 10.2 Å². The average molecular weight is 389 g/mol. The molecule has 148 valence electrons. The van der Waals surface area contributed by atoms with E-state index in [0.717, 1.165) is 35.2 Å². The second-order valence-electron chi connectivity index (χ2n) is 8.83. The highest BCUT2D eigenvalue weighted by atomic mass is 16.2. The molecule has 0 spiro atoms. The Balaban J connectivity index is 1.51. The summed E-state index contributed by atoms with van der Waals surface area (Å²) in [5.41, 5.74) is 4.26. The monoisotopic (exact) mass is 389 g/mol. The van der Waals surface area contributed by atoms with E-state index in [1.54, 1.807) is 23.0 Å². The Morgan fingerprint density at radius 1 is 1.24 bits per heavy atom. The number of nitrogens with zero attached hydrogens (tertiary/aromatic N) is 4. The van der Waals surface area contributed by atoms with E-state index in [1.165, 1.54) is 6.20 Å². The molecule has 1 aliphatic heterocycles. The van der Waals surface area contributed by atoms with Gasteiger partial charge in [0, 0.05) is 35.7 Å². The van der Waals surface area contributed by atoms with Gasteiger partial charge in [0.25, 0.3) is 11.8 Å². The molecular weight excluding hydrogens is 366 g/mol. The predicted octanol–water partition coefficient (Wildman–Crippen LogP) is 3.61. The number of hydrogen-bond donors (Lipinski definition) is 1. The molecule has 0 radical (unpaired) electrons. The lowest BCUT2D eigenvalue weighted by Gasteiger charge is -2.31. The Hall–Kier alpha value is -3.22. The van der Waals surface area contributed by atoms with E-state index in [2.05, 4.69) is 15.4 Å². The van der Waals surface area contributed by atoms with Crippen molar-refractivity contribution in [3.05, 3.63) is 59.0 Å². The number of benzene rings is 1. The summed E-state index contributed by atoms with van der Waals surface area (Å²) in [7, 11) is 0. The fraction of sp³-hybridized carbons (Fsp3) is 0.364. The number of aromatic nitrogens is 3. The van der Waals surface area contributed by atoms with E-state index in [-0.39, 0.29) is 17.4 Å². The molecule has 0 saturated heterocycles.